The zero-order valence-corrected chi connectivity index (χ0v) is 17.0. The van der Waals surface area contributed by atoms with Gasteiger partial charge in [-0.05, 0) is 86.8 Å². The third-order valence-corrected chi connectivity index (χ3v) is 6.86. The molecule has 3 atom stereocenters. The zero-order valence-electron chi connectivity index (χ0n) is 17.0. The number of rotatable bonds is 5. The summed E-state index contributed by atoms with van der Waals surface area (Å²) in [5.74, 6) is 7.19. The molecule has 0 aliphatic heterocycles. The van der Waals surface area contributed by atoms with E-state index in [-0.39, 0.29) is 5.41 Å². The molecule has 1 saturated carbocycles. The van der Waals surface area contributed by atoms with E-state index in [0.29, 0.717) is 24.5 Å². The number of benzene rings is 2. The van der Waals surface area contributed by atoms with Crippen molar-refractivity contribution in [3.63, 3.8) is 0 Å². The summed E-state index contributed by atoms with van der Waals surface area (Å²) in [4.78, 5) is 10.8. The van der Waals surface area contributed by atoms with Crippen LogP contribution in [-0.2, 0) is 11.8 Å². The molecule has 0 saturated heterocycles. The molecule has 0 spiro atoms. The van der Waals surface area contributed by atoms with Crippen molar-refractivity contribution >= 4 is 6.29 Å². The lowest BCUT2D eigenvalue weighted by molar-refractivity contribution is -0.0143. The van der Waals surface area contributed by atoms with Gasteiger partial charge in [-0.25, -0.2) is 0 Å². The molecule has 0 bridgehead atoms. The molecule has 0 heterocycles. The average molecular weight is 389 g/mol. The normalized spacial score (nSPS) is 27.7. The highest BCUT2D eigenvalue weighted by molar-refractivity contribution is 5.74. The summed E-state index contributed by atoms with van der Waals surface area (Å²) >= 11 is 0. The third kappa shape index (κ3) is 3.82. The Morgan fingerprint density at radius 1 is 1.17 bits per heavy atom. The van der Waals surface area contributed by atoms with Crippen molar-refractivity contribution in [2.75, 3.05) is 6.61 Å². The molecule has 1 fully saturated rings. The highest BCUT2D eigenvalue weighted by atomic mass is 16.5. The van der Waals surface area contributed by atoms with Gasteiger partial charge < -0.3 is 9.84 Å². The lowest BCUT2D eigenvalue weighted by Crippen LogP contribution is -2.50. The molecule has 1 N–H and O–H groups in total. The Morgan fingerprint density at radius 3 is 2.72 bits per heavy atom. The van der Waals surface area contributed by atoms with Gasteiger partial charge in [-0.2, -0.15) is 0 Å². The minimum absolute atomic E-state index is 0.0270. The van der Waals surface area contributed by atoms with Crippen LogP contribution < -0.4 is 4.74 Å². The number of hydrogen-bond acceptors (Lipinski definition) is 3. The Morgan fingerprint density at radius 2 is 1.97 bits per heavy atom. The molecule has 29 heavy (non-hydrogen) atoms. The molecule has 150 valence electrons. The van der Waals surface area contributed by atoms with Crippen molar-refractivity contribution in [1.82, 2.24) is 0 Å². The molecular formula is C26H28O3. The molecule has 0 amide bonds. The first-order valence-corrected chi connectivity index (χ1v) is 10.5. The standard InChI is InChI=1S/C26H28O3/c1-2-13-25(28)14-15-26(16-17-29-23-11-7-20(19-27)8-12-23)22(18-25)10-9-21-5-3-4-6-24(21)26/h3-8,11-12,19,22,28H,9-10,14-18H2,1H3. The molecule has 3 nitrogen and oxygen atoms in total. The maximum atomic E-state index is 11.0. The summed E-state index contributed by atoms with van der Waals surface area (Å²) in [5, 5.41) is 11.0. The van der Waals surface area contributed by atoms with Crippen molar-refractivity contribution in [2.45, 2.75) is 56.5 Å². The second-order valence-corrected chi connectivity index (χ2v) is 8.44. The minimum Gasteiger partial charge on any atom is -0.494 e. The molecule has 3 unspecified atom stereocenters. The van der Waals surface area contributed by atoms with Crippen LogP contribution in [0.4, 0.5) is 0 Å². The highest BCUT2D eigenvalue weighted by Crippen LogP contribution is 2.54. The largest absolute Gasteiger partial charge is 0.494 e. The van der Waals surface area contributed by atoms with Crippen LogP contribution in [-0.4, -0.2) is 23.6 Å². The van der Waals surface area contributed by atoms with E-state index in [2.05, 4.69) is 36.1 Å². The predicted octanol–water partition coefficient (Wildman–Crippen LogP) is 4.71. The van der Waals surface area contributed by atoms with Gasteiger partial charge in [0.15, 0.2) is 0 Å². The summed E-state index contributed by atoms with van der Waals surface area (Å²) in [6.07, 6.45) is 6.26. The van der Waals surface area contributed by atoms with E-state index in [1.165, 1.54) is 11.1 Å². The molecule has 2 aliphatic rings. The van der Waals surface area contributed by atoms with E-state index in [1.54, 1.807) is 19.1 Å². The van der Waals surface area contributed by atoms with Gasteiger partial charge in [-0.3, -0.25) is 4.79 Å². The van der Waals surface area contributed by atoms with E-state index in [4.69, 9.17) is 4.74 Å². The van der Waals surface area contributed by atoms with E-state index in [1.807, 2.05) is 12.1 Å². The van der Waals surface area contributed by atoms with Crippen LogP contribution in [0.15, 0.2) is 48.5 Å². The fourth-order valence-corrected chi connectivity index (χ4v) is 5.43. The minimum atomic E-state index is -0.860. The van der Waals surface area contributed by atoms with Crippen molar-refractivity contribution < 1.29 is 14.6 Å². The topological polar surface area (TPSA) is 46.5 Å². The first-order valence-electron chi connectivity index (χ1n) is 10.5. The van der Waals surface area contributed by atoms with Gasteiger partial charge >= 0.3 is 0 Å². The Hall–Kier alpha value is -2.57. The van der Waals surface area contributed by atoms with Gasteiger partial charge in [0.1, 0.15) is 17.6 Å². The number of hydrogen-bond donors (Lipinski definition) is 1. The Bertz CT molecular complexity index is 936. The lowest BCUT2D eigenvalue weighted by Gasteiger charge is -2.52. The monoisotopic (exact) mass is 388 g/mol. The number of aryl methyl sites for hydroxylation is 1. The number of ether oxygens (including phenoxy) is 1. The number of fused-ring (bicyclic) bond motifs is 3. The van der Waals surface area contributed by atoms with E-state index >= 15 is 0 Å². The molecular weight excluding hydrogens is 360 g/mol. The maximum absolute atomic E-state index is 11.0. The molecule has 0 aromatic heterocycles. The van der Waals surface area contributed by atoms with Gasteiger partial charge in [-0.15, -0.1) is 5.92 Å². The van der Waals surface area contributed by atoms with E-state index in [9.17, 15) is 9.90 Å². The van der Waals surface area contributed by atoms with Gasteiger partial charge in [-0.1, -0.05) is 30.2 Å². The first kappa shape index (κ1) is 19.7. The average Bonchev–Trinajstić information content (AvgIpc) is 2.75. The number of carbonyl (C=O) groups excluding carboxylic acids is 1. The second kappa shape index (κ2) is 8.05. The van der Waals surface area contributed by atoms with Crippen LogP contribution in [0, 0.1) is 17.8 Å². The maximum Gasteiger partial charge on any atom is 0.150 e. The van der Waals surface area contributed by atoms with Crippen molar-refractivity contribution in [3.05, 3.63) is 65.2 Å². The van der Waals surface area contributed by atoms with Crippen LogP contribution in [0.2, 0.25) is 0 Å². The molecule has 3 heteroatoms. The summed E-state index contributed by atoms with van der Waals surface area (Å²) in [6, 6.07) is 16.0. The predicted molar refractivity (Wildman–Crippen MR) is 114 cm³/mol. The molecule has 2 aromatic carbocycles. The Labute approximate surface area is 173 Å². The molecule has 0 radical (unpaired) electrons. The van der Waals surface area contributed by atoms with Gasteiger partial charge in [0.25, 0.3) is 0 Å². The summed E-state index contributed by atoms with van der Waals surface area (Å²) < 4.78 is 6.06. The molecule has 2 aromatic rings. The summed E-state index contributed by atoms with van der Waals surface area (Å²) in [5.41, 5.74) is 2.69. The number of aldehydes is 1. The van der Waals surface area contributed by atoms with Gasteiger partial charge in [0.05, 0.1) is 6.61 Å². The fraction of sp³-hybridized carbons (Fsp3) is 0.423. The van der Waals surface area contributed by atoms with Gasteiger partial charge in [0.2, 0.25) is 0 Å². The summed E-state index contributed by atoms with van der Waals surface area (Å²) in [6.45, 7) is 2.42. The van der Waals surface area contributed by atoms with Crippen molar-refractivity contribution in [1.29, 1.82) is 0 Å². The van der Waals surface area contributed by atoms with E-state index in [0.717, 1.165) is 44.1 Å². The van der Waals surface area contributed by atoms with Crippen LogP contribution in [0.5, 0.6) is 5.75 Å². The van der Waals surface area contributed by atoms with E-state index < -0.39 is 5.60 Å². The van der Waals surface area contributed by atoms with Crippen LogP contribution in [0.1, 0.15) is 60.5 Å². The van der Waals surface area contributed by atoms with Crippen molar-refractivity contribution in [3.8, 4) is 17.6 Å². The fourth-order valence-electron chi connectivity index (χ4n) is 5.43. The Kier molecular flexibility index (Phi) is 5.48. The number of carbonyl (C=O) groups is 1. The van der Waals surface area contributed by atoms with Crippen LogP contribution >= 0.6 is 0 Å². The lowest BCUT2D eigenvalue weighted by atomic mass is 9.53. The molecule has 2 aliphatic carbocycles. The SMILES string of the molecule is CC#CC1(O)CCC2(CCOc3ccc(C=O)cc3)c3ccccc3CCC2C1. The quantitative estimate of drug-likeness (QED) is 0.596. The highest BCUT2D eigenvalue weighted by Gasteiger charge is 2.50. The van der Waals surface area contributed by atoms with Crippen LogP contribution in [0.25, 0.3) is 0 Å². The molecule has 4 rings (SSSR count). The van der Waals surface area contributed by atoms with Crippen LogP contribution in [0.3, 0.4) is 0 Å². The third-order valence-electron chi connectivity index (χ3n) is 6.86. The smallest absolute Gasteiger partial charge is 0.150 e. The Balaban J connectivity index is 1.57. The van der Waals surface area contributed by atoms with Gasteiger partial charge in [0, 0.05) is 11.0 Å². The second-order valence-electron chi connectivity index (χ2n) is 8.44. The zero-order chi connectivity index (χ0) is 20.3. The van der Waals surface area contributed by atoms with Crippen molar-refractivity contribution in [2.24, 2.45) is 5.92 Å². The first-order chi connectivity index (χ1) is 14.1. The summed E-state index contributed by atoms with van der Waals surface area (Å²) in [7, 11) is 0. The number of aliphatic hydroxyl groups is 1.